The van der Waals surface area contributed by atoms with Crippen molar-refractivity contribution in [3.8, 4) is 22.8 Å². The molecule has 0 aliphatic heterocycles. The molecule has 0 aliphatic rings. The van der Waals surface area contributed by atoms with Gasteiger partial charge >= 0.3 is 0 Å². The smallest absolute Gasteiger partial charge is 0.237 e. The van der Waals surface area contributed by atoms with E-state index in [1.54, 1.807) is 12.1 Å². The Bertz CT molecular complexity index is 1090. The fraction of sp³-hybridized carbons (Fsp3) is 0.200. The Labute approximate surface area is 172 Å². The summed E-state index contributed by atoms with van der Waals surface area (Å²) in [5.41, 5.74) is 3.12. The fourth-order valence-corrected chi connectivity index (χ4v) is 3.80. The maximum Gasteiger partial charge on any atom is 0.237 e. The Hall–Kier alpha value is -2.64. The van der Waals surface area contributed by atoms with Gasteiger partial charge in [0.15, 0.2) is 11.0 Å². The van der Waals surface area contributed by atoms with Crippen molar-refractivity contribution < 1.29 is 4.52 Å². The average molecular weight is 412 g/mol. The lowest BCUT2D eigenvalue weighted by molar-refractivity contribution is 0.391. The summed E-state index contributed by atoms with van der Waals surface area (Å²) in [5.74, 6) is 2.47. The first-order valence-corrected chi connectivity index (χ1v) is 10.2. The molecule has 0 saturated carbocycles. The summed E-state index contributed by atoms with van der Waals surface area (Å²) in [6, 6.07) is 15.6. The molecule has 2 aromatic carbocycles. The van der Waals surface area contributed by atoms with Gasteiger partial charge in [0.25, 0.3) is 0 Å². The van der Waals surface area contributed by atoms with Crippen molar-refractivity contribution in [2.24, 2.45) is 0 Å². The summed E-state index contributed by atoms with van der Waals surface area (Å²) >= 11 is 7.45. The Kier molecular flexibility index (Phi) is 5.45. The summed E-state index contributed by atoms with van der Waals surface area (Å²) in [6.07, 6.45) is 0. The Morgan fingerprint density at radius 3 is 2.64 bits per heavy atom. The zero-order chi connectivity index (χ0) is 19.5. The van der Waals surface area contributed by atoms with E-state index in [4.69, 9.17) is 16.1 Å². The van der Waals surface area contributed by atoms with Gasteiger partial charge in [0.05, 0.1) is 5.75 Å². The summed E-state index contributed by atoms with van der Waals surface area (Å²) in [5, 5.41) is 14.3. The third-order valence-electron chi connectivity index (χ3n) is 4.20. The topological polar surface area (TPSA) is 69.6 Å². The van der Waals surface area contributed by atoms with Crippen LogP contribution in [0.5, 0.6) is 0 Å². The predicted molar refractivity (Wildman–Crippen MR) is 110 cm³/mol. The van der Waals surface area contributed by atoms with Crippen LogP contribution in [0.3, 0.4) is 0 Å². The molecule has 0 unspecified atom stereocenters. The summed E-state index contributed by atoms with van der Waals surface area (Å²) in [4.78, 5) is 4.46. The minimum Gasteiger partial charge on any atom is -0.338 e. The molecule has 142 valence electrons. The van der Waals surface area contributed by atoms with E-state index in [9.17, 15) is 0 Å². The Balaban J connectivity index is 1.50. The van der Waals surface area contributed by atoms with E-state index in [0.29, 0.717) is 22.5 Å². The quantitative estimate of drug-likeness (QED) is 0.402. The largest absolute Gasteiger partial charge is 0.338 e. The third kappa shape index (κ3) is 3.95. The van der Waals surface area contributed by atoms with Crippen molar-refractivity contribution >= 4 is 23.4 Å². The highest BCUT2D eigenvalue weighted by atomic mass is 35.5. The Morgan fingerprint density at radius 2 is 1.89 bits per heavy atom. The van der Waals surface area contributed by atoms with Crippen molar-refractivity contribution in [1.29, 1.82) is 0 Å². The van der Waals surface area contributed by atoms with E-state index in [-0.39, 0.29) is 0 Å². The number of halogens is 1. The van der Waals surface area contributed by atoms with Crippen LogP contribution in [0.15, 0.2) is 58.2 Å². The van der Waals surface area contributed by atoms with Gasteiger partial charge in [-0.15, -0.1) is 10.2 Å². The number of aromatic nitrogens is 5. The van der Waals surface area contributed by atoms with Crippen molar-refractivity contribution in [1.82, 2.24) is 24.9 Å². The second kappa shape index (κ2) is 8.16. The molecule has 0 spiro atoms. The van der Waals surface area contributed by atoms with Crippen molar-refractivity contribution in [2.75, 3.05) is 0 Å². The number of hydrogen-bond acceptors (Lipinski definition) is 6. The van der Waals surface area contributed by atoms with Gasteiger partial charge in [0.1, 0.15) is 0 Å². The van der Waals surface area contributed by atoms with Crippen LogP contribution >= 0.6 is 23.4 Å². The second-order valence-corrected chi connectivity index (χ2v) is 7.61. The molecule has 28 heavy (non-hydrogen) atoms. The normalized spacial score (nSPS) is 11.1. The first-order chi connectivity index (χ1) is 13.6. The van der Waals surface area contributed by atoms with Crippen LogP contribution in [-0.2, 0) is 12.3 Å². The maximum atomic E-state index is 5.92. The molecule has 0 atom stereocenters. The maximum absolute atomic E-state index is 5.92. The van der Waals surface area contributed by atoms with E-state index >= 15 is 0 Å². The van der Waals surface area contributed by atoms with E-state index in [2.05, 4.69) is 50.9 Å². The number of rotatable bonds is 6. The van der Waals surface area contributed by atoms with Gasteiger partial charge in [-0.2, -0.15) is 4.98 Å². The molecule has 0 N–H and O–H groups in total. The highest BCUT2D eigenvalue weighted by Crippen LogP contribution is 2.27. The van der Waals surface area contributed by atoms with Crippen LogP contribution in [0.25, 0.3) is 22.8 Å². The molecule has 0 aliphatic carbocycles. The van der Waals surface area contributed by atoms with Gasteiger partial charge in [-0.05, 0) is 44.2 Å². The molecule has 0 saturated heterocycles. The molecule has 4 rings (SSSR count). The molecular formula is C20H18ClN5OS. The summed E-state index contributed by atoms with van der Waals surface area (Å²) in [7, 11) is 0. The highest BCUT2D eigenvalue weighted by Gasteiger charge is 2.15. The predicted octanol–water partition coefficient (Wildman–Crippen LogP) is 5.27. The third-order valence-corrected chi connectivity index (χ3v) is 5.41. The lowest BCUT2D eigenvalue weighted by atomic mass is 10.1. The second-order valence-electron chi connectivity index (χ2n) is 6.23. The molecule has 0 radical (unpaired) electrons. The van der Waals surface area contributed by atoms with Crippen LogP contribution in [0.2, 0.25) is 5.02 Å². The van der Waals surface area contributed by atoms with Gasteiger partial charge in [-0.1, -0.05) is 52.3 Å². The summed E-state index contributed by atoms with van der Waals surface area (Å²) < 4.78 is 7.47. The number of nitrogens with zero attached hydrogens (tertiary/aromatic N) is 5. The SMILES string of the molecule is CCn1c(SCc2nc(-c3ccc(Cl)cc3)no2)nnc1-c1cccc(C)c1. The monoisotopic (exact) mass is 411 g/mol. The fourth-order valence-electron chi connectivity index (χ4n) is 2.83. The van der Waals surface area contributed by atoms with E-state index < -0.39 is 0 Å². The molecule has 0 bridgehead atoms. The lowest BCUT2D eigenvalue weighted by Gasteiger charge is -2.07. The van der Waals surface area contributed by atoms with Crippen LogP contribution in [0, 0.1) is 6.92 Å². The highest BCUT2D eigenvalue weighted by molar-refractivity contribution is 7.98. The van der Waals surface area contributed by atoms with Gasteiger partial charge in [-0.3, -0.25) is 0 Å². The zero-order valence-corrected chi connectivity index (χ0v) is 17.0. The van der Waals surface area contributed by atoms with Crippen LogP contribution in [-0.4, -0.2) is 24.9 Å². The minimum atomic E-state index is 0.520. The molecule has 0 amide bonds. The van der Waals surface area contributed by atoms with Crippen LogP contribution < -0.4 is 0 Å². The van der Waals surface area contributed by atoms with Gasteiger partial charge in [0.2, 0.25) is 11.7 Å². The number of aryl methyl sites for hydroxylation is 1. The van der Waals surface area contributed by atoms with Crippen LogP contribution in [0.1, 0.15) is 18.4 Å². The average Bonchev–Trinajstić information content (AvgIpc) is 3.33. The van der Waals surface area contributed by atoms with Crippen molar-refractivity contribution in [3.05, 3.63) is 65.0 Å². The number of hydrogen-bond donors (Lipinski definition) is 0. The molecule has 8 heteroatoms. The molecule has 4 aromatic rings. The lowest BCUT2D eigenvalue weighted by Crippen LogP contribution is -2.00. The number of thioether (sulfide) groups is 1. The van der Waals surface area contributed by atoms with E-state index in [1.165, 1.54) is 17.3 Å². The van der Waals surface area contributed by atoms with E-state index in [0.717, 1.165) is 28.7 Å². The van der Waals surface area contributed by atoms with E-state index in [1.807, 2.05) is 24.3 Å². The van der Waals surface area contributed by atoms with Gasteiger partial charge < -0.3 is 9.09 Å². The molecular weight excluding hydrogens is 394 g/mol. The zero-order valence-electron chi connectivity index (χ0n) is 15.5. The van der Waals surface area contributed by atoms with Crippen molar-refractivity contribution in [3.63, 3.8) is 0 Å². The Morgan fingerprint density at radius 1 is 1.07 bits per heavy atom. The molecule has 0 fully saturated rings. The minimum absolute atomic E-state index is 0.520. The molecule has 6 nitrogen and oxygen atoms in total. The van der Waals surface area contributed by atoms with Gasteiger partial charge in [0, 0.05) is 22.7 Å². The first-order valence-electron chi connectivity index (χ1n) is 8.85. The molecule has 2 heterocycles. The molecule has 2 aromatic heterocycles. The standard InChI is InChI=1S/C20H18ClN5OS/c1-3-26-19(15-6-4-5-13(2)11-15)23-24-20(26)28-12-17-22-18(25-27-17)14-7-9-16(21)10-8-14/h4-11H,3,12H2,1-2H3. The summed E-state index contributed by atoms with van der Waals surface area (Å²) in [6.45, 7) is 4.93. The van der Waals surface area contributed by atoms with Gasteiger partial charge in [-0.25, -0.2) is 0 Å². The van der Waals surface area contributed by atoms with Crippen LogP contribution in [0.4, 0.5) is 0 Å². The van der Waals surface area contributed by atoms with Crippen molar-refractivity contribution in [2.45, 2.75) is 31.3 Å². The number of benzene rings is 2. The first kappa shape index (κ1) is 18.7.